The Morgan fingerprint density at radius 1 is 0.750 bits per heavy atom. The van der Waals surface area contributed by atoms with Gasteiger partial charge in [-0.1, -0.05) is 0 Å². The van der Waals surface area contributed by atoms with Gasteiger partial charge in [0, 0.05) is 51.2 Å². The number of nitriles is 1. The zero-order valence-corrected chi connectivity index (χ0v) is 22.9. The zero-order valence-electron chi connectivity index (χ0n) is 20.9. The van der Waals surface area contributed by atoms with E-state index in [2.05, 4.69) is 6.07 Å². The molecule has 11 heteroatoms. The summed E-state index contributed by atoms with van der Waals surface area (Å²) in [6.07, 6.45) is 0.715. The van der Waals surface area contributed by atoms with Crippen molar-refractivity contribution in [3.63, 3.8) is 0 Å². The first-order valence-electron chi connectivity index (χ1n) is 11.8. The van der Waals surface area contributed by atoms with Crippen LogP contribution in [-0.2, 0) is 36.1 Å². The molecule has 0 aromatic carbocycles. The summed E-state index contributed by atoms with van der Waals surface area (Å²) >= 11 is 0. The first kappa shape index (κ1) is 31.2. The lowest BCUT2D eigenvalue weighted by molar-refractivity contribution is -0.146. The molecule has 0 fully saturated rings. The quantitative estimate of drug-likeness (QED) is 0.184. The molecule has 0 aliphatic heterocycles. The lowest BCUT2D eigenvalue weighted by atomic mass is 10.0. The van der Waals surface area contributed by atoms with Crippen molar-refractivity contribution in [2.24, 2.45) is 5.92 Å². The Bertz CT molecular complexity index is 512. The molecule has 0 aliphatic carbocycles. The summed E-state index contributed by atoms with van der Waals surface area (Å²) in [5.41, 5.74) is -0.329. The van der Waals surface area contributed by atoms with E-state index in [0.29, 0.717) is 52.1 Å². The lowest BCUT2D eigenvalue weighted by Crippen LogP contribution is -2.52. The van der Waals surface area contributed by atoms with Crippen molar-refractivity contribution < 1.29 is 36.1 Å². The highest BCUT2D eigenvalue weighted by molar-refractivity contribution is 6.63. The number of rotatable bonds is 20. The Kier molecular flexibility index (Phi) is 17.1. The molecule has 0 aliphatic rings. The van der Waals surface area contributed by atoms with Crippen LogP contribution in [0.1, 0.15) is 61.3 Å². The van der Waals surface area contributed by atoms with Gasteiger partial charge in [0.15, 0.2) is 0 Å². The van der Waals surface area contributed by atoms with Gasteiger partial charge in [-0.3, -0.25) is 4.79 Å². The normalized spacial score (nSPS) is 14.1. The molecule has 0 rings (SSSR count). The van der Waals surface area contributed by atoms with Crippen LogP contribution in [0.4, 0.5) is 0 Å². The zero-order chi connectivity index (χ0) is 24.5. The Morgan fingerprint density at radius 2 is 1.19 bits per heavy atom. The van der Waals surface area contributed by atoms with E-state index in [1.54, 1.807) is 6.92 Å². The van der Waals surface area contributed by atoms with Gasteiger partial charge in [0.25, 0.3) is 0 Å². The number of hydrogen-bond acceptors (Lipinski definition) is 9. The molecule has 0 saturated carbocycles. The Balaban J connectivity index is 6.10. The topological polar surface area (TPSA) is 105 Å². The minimum Gasteiger partial charge on any atom is -0.465 e. The molecule has 0 N–H and O–H groups in total. The predicted octanol–water partition coefficient (Wildman–Crippen LogP) is 3.94. The predicted molar refractivity (Wildman–Crippen MR) is 125 cm³/mol. The maximum absolute atomic E-state index is 12.4. The summed E-state index contributed by atoms with van der Waals surface area (Å²) in [6.45, 7) is 15.9. The Hall–Kier alpha value is -0.846. The van der Waals surface area contributed by atoms with Crippen LogP contribution in [0.5, 0.6) is 0 Å². The van der Waals surface area contributed by atoms with Crippen molar-refractivity contribution in [2.75, 3.05) is 46.2 Å². The maximum Gasteiger partial charge on any atom is 0.504 e. The van der Waals surface area contributed by atoms with Crippen molar-refractivity contribution in [2.45, 2.75) is 72.9 Å². The fourth-order valence-corrected chi connectivity index (χ4v) is 9.78. The van der Waals surface area contributed by atoms with Crippen LogP contribution in [0, 0.1) is 17.2 Å². The molecular weight excluding hydrogens is 450 g/mol. The molecule has 2 unspecified atom stereocenters. The van der Waals surface area contributed by atoms with Crippen molar-refractivity contribution >= 4 is 23.6 Å². The largest absolute Gasteiger partial charge is 0.504 e. The monoisotopic (exact) mass is 493 g/mol. The van der Waals surface area contributed by atoms with Gasteiger partial charge in [-0.25, -0.2) is 0 Å². The van der Waals surface area contributed by atoms with Gasteiger partial charge >= 0.3 is 23.6 Å². The van der Waals surface area contributed by atoms with Crippen LogP contribution in [0.15, 0.2) is 0 Å². The Labute approximate surface area is 196 Å². The molecule has 32 heavy (non-hydrogen) atoms. The summed E-state index contributed by atoms with van der Waals surface area (Å²) in [7, 11) is -6.20. The fraction of sp³-hybridized carbons (Fsp3) is 0.905. The van der Waals surface area contributed by atoms with Crippen LogP contribution in [0.3, 0.4) is 0 Å². The molecule has 0 amide bonds. The average Bonchev–Trinajstić information content (AvgIpc) is 2.75. The van der Waals surface area contributed by atoms with Gasteiger partial charge in [0.05, 0.1) is 12.7 Å². The van der Waals surface area contributed by atoms with Crippen molar-refractivity contribution in [3.05, 3.63) is 0 Å². The number of nitrogens with zero attached hydrogens (tertiary/aromatic N) is 1. The summed E-state index contributed by atoms with van der Waals surface area (Å²) < 4.78 is 41.5. The lowest BCUT2D eigenvalue weighted by Gasteiger charge is -2.37. The highest BCUT2D eigenvalue weighted by atomic mass is 28.4. The number of carbonyl (C=O) groups excluding carboxylic acids is 1. The number of hydrogen-bond donors (Lipinski definition) is 0. The third kappa shape index (κ3) is 9.97. The maximum atomic E-state index is 12.4. The van der Waals surface area contributed by atoms with Crippen LogP contribution >= 0.6 is 0 Å². The second-order valence-electron chi connectivity index (χ2n) is 6.79. The minimum absolute atomic E-state index is 0.205. The molecule has 0 aromatic rings. The summed E-state index contributed by atoms with van der Waals surface area (Å²) in [5.74, 6) is -1.49. The molecule has 2 atom stereocenters. The molecule has 0 spiro atoms. The molecule has 0 radical (unpaired) electrons. The molecule has 0 heterocycles. The first-order valence-corrected chi connectivity index (χ1v) is 15.5. The van der Waals surface area contributed by atoms with Gasteiger partial charge in [0.1, 0.15) is 5.92 Å². The fourth-order valence-electron chi connectivity index (χ4n) is 3.60. The SMILES string of the molecule is CCOC(=O)C(C#N)CC(CC[Si](OCC)(OCC)OCC)[Si](OCC)(OCC)OCC. The van der Waals surface area contributed by atoms with E-state index in [0.717, 1.165) is 0 Å². The molecule has 0 saturated heterocycles. The summed E-state index contributed by atoms with van der Waals surface area (Å²) in [6, 6.07) is 2.58. The van der Waals surface area contributed by atoms with E-state index < -0.39 is 29.5 Å². The standard InChI is InChI=1S/C21H43NO8Si2/c1-8-24-21(23)19(18-22)17-20(32(28-12-5,29-13-6)30-14-7)15-16-31(25-9-2,26-10-3)27-11-4/h19-20H,8-17H2,1-7H3. The van der Waals surface area contributed by atoms with Gasteiger partial charge in [-0.2, -0.15) is 5.26 Å². The highest BCUT2D eigenvalue weighted by Crippen LogP contribution is 2.38. The van der Waals surface area contributed by atoms with E-state index in [1.165, 1.54) is 0 Å². The van der Waals surface area contributed by atoms with Crippen LogP contribution in [0.2, 0.25) is 11.6 Å². The van der Waals surface area contributed by atoms with Crippen LogP contribution in [0.25, 0.3) is 0 Å². The third-order valence-corrected chi connectivity index (χ3v) is 11.4. The second-order valence-corrected chi connectivity index (χ2v) is 12.4. The van der Waals surface area contributed by atoms with Crippen molar-refractivity contribution in [3.8, 4) is 6.07 Å². The van der Waals surface area contributed by atoms with Crippen molar-refractivity contribution in [1.82, 2.24) is 0 Å². The van der Waals surface area contributed by atoms with Crippen molar-refractivity contribution in [1.29, 1.82) is 5.26 Å². The van der Waals surface area contributed by atoms with Gasteiger partial charge in [-0.05, 0) is 61.3 Å². The minimum atomic E-state index is -3.24. The third-order valence-electron chi connectivity index (χ3n) is 4.68. The second kappa shape index (κ2) is 17.6. The van der Waals surface area contributed by atoms with E-state index in [-0.39, 0.29) is 18.6 Å². The summed E-state index contributed by atoms with van der Waals surface area (Å²) in [4.78, 5) is 12.4. The highest BCUT2D eigenvalue weighted by Gasteiger charge is 2.52. The molecule has 0 bridgehead atoms. The number of carbonyl (C=O) groups is 1. The van der Waals surface area contributed by atoms with E-state index in [9.17, 15) is 10.1 Å². The number of ether oxygens (including phenoxy) is 1. The number of esters is 1. The summed E-state index contributed by atoms with van der Waals surface area (Å²) in [5, 5.41) is 9.68. The first-order chi connectivity index (χ1) is 15.4. The van der Waals surface area contributed by atoms with Gasteiger partial charge in [0.2, 0.25) is 0 Å². The van der Waals surface area contributed by atoms with E-state index >= 15 is 0 Å². The molecule has 0 aromatic heterocycles. The van der Waals surface area contributed by atoms with Crippen LogP contribution < -0.4 is 0 Å². The van der Waals surface area contributed by atoms with Crippen LogP contribution in [-0.4, -0.2) is 69.8 Å². The van der Waals surface area contributed by atoms with Gasteiger partial charge in [-0.15, -0.1) is 0 Å². The smallest absolute Gasteiger partial charge is 0.465 e. The van der Waals surface area contributed by atoms with E-state index in [1.807, 2.05) is 41.5 Å². The Morgan fingerprint density at radius 3 is 1.53 bits per heavy atom. The molecular formula is C21H43NO8Si2. The average molecular weight is 494 g/mol. The van der Waals surface area contributed by atoms with E-state index in [4.69, 9.17) is 31.3 Å². The molecule has 188 valence electrons. The van der Waals surface area contributed by atoms with Gasteiger partial charge < -0.3 is 31.3 Å². The molecule has 9 nitrogen and oxygen atoms in total.